The molecule has 1 atom stereocenters. The molecule has 1 unspecified atom stereocenters. The van der Waals surface area contributed by atoms with E-state index in [0.717, 1.165) is 0 Å². The van der Waals surface area contributed by atoms with Crippen LogP contribution in [-0.2, 0) is 4.74 Å². The van der Waals surface area contributed by atoms with Crippen LogP contribution in [0.1, 0.15) is 20.8 Å². The zero-order valence-electron chi connectivity index (χ0n) is 11.4. The van der Waals surface area contributed by atoms with Gasteiger partial charge >= 0.3 is 0 Å². The number of nitrogens with two attached hydrogens (primary N) is 1. The molecule has 2 N–H and O–H groups in total. The van der Waals surface area contributed by atoms with Crippen molar-refractivity contribution in [1.29, 1.82) is 0 Å². The number of ether oxygens (including phenoxy) is 1. The van der Waals surface area contributed by atoms with Crippen LogP contribution in [0, 0.1) is 5.82 Å². The Morgan fingerprint density at radius 2 is 2.00 bits per heavy atom. The van der Waals surface area contributed by atoms with Crippen LogP contribution < -0.4 is 10.6 Å². The quantitative estimate of drug-likeness (QED) is 0.812. The maximum absolute atomic E-state index is 13.9. The van der Waals surface area contributed by atoms with Crippen molar-refractivity contribution in [3.05, 3.63) is 30.1 Å². The largest absolute Gasteiger partial charge is 0.379 e. The summed E-state index contributed by atoms with van der Waals surface area (Å²) in [4.78, 5) is 1.97. The molecule has 0 aromatic heterocycles. The van der Waals surface area contributed by atoms with Crippen LogP contribution in [0.25, 0.3) is 0 Å². The Balaban J connectivity index is 3.03. The van der Waals surface area contributed by atoms with E-state index in [1.165, 1.54) is 6.07 Å². The molecule has 18 heavy (non-hydrogen) atoms. The minimum Gasteiger partial charge on any atom is -0.379 e. The standard InChI is InChI=1S/C14H23FN2O/c1-4-17(13-9-7-6-8-12(13)15)14(3,10-16)11-18-5-2/h6-9H,4-5,10-11,16H2,1-3H3. The van der Waals surface area contributed by atoms with Crippen molar-refractivity contribution in [2.24, 2.45) is 5.73 Å². The fraction of sp³-hybridized carbons (Fsp3) is 0.571. The molecule has 4 heteroatoms. The second-order valence-electron chi connectivity index (χ2n) is 4.53. The highest BCUT2D eigenvalue weighted by atomic mass is 19.1. The molecule has 1 aromatic rings. The first kappa shape index (κ1) is 14.9. The smallest absolute Gasteiger partial charge is 0.146 e. The van der Waals surface area contributed by atoms with Crippen molar-refractivity contribution in [2.75, 3.05) is 31.2 Å². The third-order valence-corrected chi connectivity index (χ3v) is 3.17. The lowest BCUT2D eigenvalue weighted by Gasteiger charge is -2.41. The molecule has 3 nitrogen and oxygen atoms in total. The molecular formula is C14H23FN2O. The summed E-state index contributed by atoms with van der Waals surface area (Å²) in [6.07, 6.45) is 0. The van der Waals surface area contributed by atoms with E-state index in [2.05, 4.69) is 0 Å². The Bertz CT molecular complexity index is 373. The summed E-state index contributed by atoms with van der Waals surface area (Å²) in [5.74, 6) is -0.226. The van der Waals surface area contributed by atoms with Gasteiger partial charge in [0.15, 0.2) is 0 Å². The van der Waals surface area contributed by atoms with Gasteiger partial charge in [0.05, 0.1) is 17.8 Å². The van der Waals surface area contributed by atoms with Crippen LogP contribution >= 0.6 is 0 Å². The topological polar surface area (TPSA) is 38.5 Å². The van der Waals surface area contributed by atoms with Crippen LogP contribution in [0.15, 0.2) is 24.3 Å². The van der Waals surface area contributed by atoms with Gasteiger partial charge in [-0.25, -0.2) is 4.39 Å². The Kier molecular flexibility index (Phi) is 5.56. The maximum Gasteiger partial charge on any atom is 0.146 e. The Labute approximate surface area is 109 Å². The van der Waals surface area contributed by atoms with Crippen LogP contribution in [0.4, 0.5) is 10.1 Å². The zero-order chi connectivity index (χ0) is 13.6. The SMILES string of the molecule is CCOCC(C)(CN)N(CC)c1ccccc1F. The summed E-state index contributed by atoms with van der Waals surface area (Å²) in [5.41, 5.74) is 6.05. The summed E-state index contributed by atoms with van der Waals surface area (Å²) in [6.45, 7) is 8.14. The molecule has 0 amide bonds. The van der Waals surface area contributed by atoms with E-state index in [1.54, 1.807) is 12.1 Å². The van der Waals surface area contributed by atoms with Crippen LogP contribution in [0.3, 0.4) is 0 Å². The lowest BCUT2D eigenvalue weighted by Crippen LogP contribution is -2.55. The van der Waals surface area contributed by atoms with Gasteiger partial charge in [0.2, 0.25) is 0 Å². The van der Waals surface area contributed by atoms with E-state index in [-0.39, 0.29) is 5.82 Å². The summed E-state index contributed by atoms with van der Waals surface area (Å²) < 4.78 is 19.4. The van der Waals surface area contributed by atoms with Crippen LogP contribution in [-0.4, -0.2) is 31.8 Å². The highest BCUT2D eigenvalue weighted by molar-refractivity contribution is 5.50. The van der Waals surface area contributed by atoms with E-state index < -0.39 is 5.54 Å². The molecule has 0 saturated heterocycles. The normalized spacial score (nSPS) is 14.3. The number of hydrogen-bond acceptors (Lipinski definition) is 3. The highest BCUT2D eigenvalue weighted by Crippen LogP contribution is 2.26. The summed E-state index contributed by atoms with van der Waals surface area (Å²) in [7, 11) is 0. The number of para-hydroxylation sites is 1. The van der Waals surface area contributed by atoms with Gasteiger partial charge in [0.25, 0.3) is 0 Å². The predicted molar refractivity (Wildman–Crippen MR) is 73.4 cm³/mol. The molecule has 0 aliphatic carbocycles. The fourth-order valence-corrected chi connectivity index (χ4v) is 2.08. The predicted octanol–water partition coefficient (Wildman–Crippen LogP) is 2.41. The van der Waals surface area contributed by atoms with E-state index in [9.17, 15) is 4.39 Å². The van der Waals surface area contributed by atoms with E-state index >= 15 is 0 Å². The van der Waals surface area contributed by atoms with Crippen molar-refractivity contribution in [3.63, 3.8) is 0 Å². The fourth-order valence-electron chi connectivity index (χ4n) is 2.08. The number of rotatable bonds is 7. The van der Waals surface area contributed by atoms with E-state index in [1.807, 2.05) is 31.7 Å². The van der Waals surface area contributed by atoms with Gasteiger partial charge in [0, 0.05) is 19.7 Å². The average molecular weight is 254 g/mol. The first-order valence-corrected chi connectivity index (χ1v) is 6.39. The molecule has 0 heterocycles. The minimum atomic E-state index is -0.396. The molecule has 0 aliphatic rings. The lowest BCUT2D eigenvalue weighted by molar-refractivity contribution is 0.100. The van der Waals surface area contributed by atoms with E-state index in [0.29, 0.717) is 32.0 Å². The first-order valence-electron chi connectivity index (χ1n) is 6.39. The molecule has 0 spiro atoms. The summed E-state index contributed by atoms with van der Waals surface area (Å²) >= 11 is 0. The Hall–Kier alpha value is -1.13. The number of hydrogen-bond donors (Lipinski definition) is 1. The average Bonchev–Trinajstić information content (AvgIpc) is 2.39. The van der Waals surface area contributed by atoms with Gasteiger partial charge in [0.1, 0.15) is 5.82 Å². The monoisotopic (exact) mass is 254 g/mol. The van der Waals surface area contributed by atoms with Crippen molar-refractivity contribution < 1.29 is 9.13 Å². The molecule has 102 valence electrons. The van der Waals surface area contributed by atoms with Gasteiger partial charge in [-0.3, -0.25) is 0 Å². The number of anilines is 1. The van der Waals surface area contributed by atoms with Gasteiger partial charge in [-0.05, 0) is 32.9 Å². The van der Waals surface area contributed by atoms with Gasteiger partial charge < -0.3 is 15.4 Å². The third kappa shape index (κ3) is 3.21. The number of halogens is 1. The first-order chi connectivity index (χ1) is 8.59. The molecule has 1 rings (SSSR count). The molecule has 0 radical (unpaired) electrons. The summed E-state index contributed by atoms with van der Waals surface area (Å²) in [6, 6.07) is 6.77. The lowest BCUT2D eigenvalue weighted by atomic mass is 10.00. The van der Waals surface area contributed by atoms with Crippen molar-refractivity contribution in [2.45, 2.75) is 26.3 Å². The van der Waals surface area contributed by atoms with Gasteiger partial charge in [-0.15, -0.1) is 0 Å². The molecule has 1 aromatic carbocycles. The van der Waals surface area contributed by atoms with E-state index in [4.69, 9.17) is 10.5 Å². The molecular weight excluding hydrogens is 231 g/mol. The van der Waals surface area contributed by atoms with Gasteiger partial charge in [-0.1, -0.05) is 12.1 Å². The Morgan fingerprint density at radius 3 is 2.50 bits per heavy atom. The van der Waals surface area contributed by atoms with Gasteiger partial charge in [-0.2, -0.15) is 0 Å². The molecule has 0 bridgehead atoms. The minimum absolute atomic E-state index is 0.226. The highest BCUT2D eigenvalue weighted by Gasteiger charge is 2.31. The second-order valence-corrected chi connectivity index (χ2v) is 4.53. The van der Waals surface area contributed by atoms with Crippen LogP contribution in [0.2, 0.25) is 0 Å². The molecule has 0 fully saturated rings. The number of nitrogens with zero attached hydrogens (tertiary/aromatic N) is 1. The van der Waals surface area contributed by atoms with Crippen molar-refractivity contribution >= 4 is 5.69 Å². The number of likely N-dealkylation sites (N-methyl/N-ethyl adjacent to an activating group) is 1. The summed E-state index contributed by atoms with van der Waals surface area (Å²) in [5, 5.41) is 0. The van der Waals surface area contributed by atoms with Crippen molar-refractivity contribution in [1.82, 2.24) is 0 Å². The number of benzene rings is 1. The third-order valence-electron chi connectivity index (χ3n) is 3.17. The molecule has 0 aliphatic heterocycles. The van der Waals surface area contributed by atoms with Crippen molar-refractivity contribution in [3.8, 4) is 0 Å². The zero-order valence-corrected chi connectivity index (χ0v) is 11.4. The second kappa shape index (κ2) is 6.71. The van der Waals surface area contributed by atoms with Crippen LogP contribution in [0.5, 0.6) is 0 Å². The Morgan fingerprint density at radius 1 is 1.33 bits per heavy atom. The molecule has 0 saturated carbocycles. The maximum atomic E-state index is 13.9.